The van der Waals surface area contributed by atoms with E-state index in [2.05, 4.69) is 76.6 Å². The molecule has 21 heavy (non-hydrogen) atoms. The Balaban J connectivity index is 1.75. The van der Waals surface area contributed by atoms with Gasteiger partial charge in [0.2, 0.25) is 0 Å². The van der Waals surface area contributed by atoms with Crippen molar-refractivity contribution < 1.29 is 0 Å². The van der Waals surface area contributed by atoms with Crippen LogP contribution in [0.4, 0.5) is 0 Å². The summed E-state index contributed by atoms with van der Waals surface area (Å²) in [5, 5.41) is 2.50. The molecule has 0 aliphatic carbocycles. The normalized spacial score (nSPS) is 12.5. The fraction of sp³-hybridized carbons (Fsp3) is 0.111. The second-order valence-corrected chi connectivity index (χ2v) is 6.87. The van der Waals surface area contributed by atoms with E-state index in [1.165, 1.54) is 21.2 Å². The number of hydrogen-bond acceptors (Lipinski definition) is 2. The molecule has 0 saturated heterocycles. The van der Waals surface area contributed by atoms with Crippen molar-refractivity contribution in [2.24, 2.45) is 5.73 Å². The quantitative estimate of drug-likeness (QED) is 0.633. The lowest BCUT2D eigenvalue weighted by Crippen LogP contribution is -2.12. The summed E-state index contributed by atoms with van der Waals surface area (Å²) in [6, 6.07) is 23.1. The zero-order valence-corrected chi connectivity index (χ0v) is 13.9. The summed E-state index contributed by atoms with van der Waals surface area (Å²) in [5.41, 5.74) is 7.54. The number of hydrogen-bond donors (Lipinski definition) is 1. The van der Waals surface area contributed by atoms with E-state index in [9.17, 15) is 0 Å². The van der Waals surface area contributed by atoms with Crippen LogP contribution in [0.2, 0.25) is 0 Å². The van der Waals surface area contributed by atoms with Gasteiger partial charge in [0.25, 0.3) is 0 Å². The highest BCUT2D eigenvalue weighted by molar-refractivity contribution is 9.10. The molecule has 1 nitrogen and oxygen atoms in total. The molecule has 0 aliphatic heterocycles. The number of nitrogens with two attached hydrogens (primary N) is 1. The number of fused-ring (bicyclic) bond motifs is 1. The van der Waals surface area contributed by atoms with Gasteiger partial charge in [0.05, 0.1) is 0 Å². The predicted octanol–water partition coefficient (Wildman–Crippen LogP) is 5.39. The van der Waals surface area contributed by atoms with Crippen LogP contribution in [0.5, 0.6) is 0 Å². The molecule has 0 amide bonds. The standard InChI is InChI=1S/C18H16BrNS/c19-16-7-3-4-8-18(16)21-12-17(20)15-10-9-13-5-1-2-6-14(13)11-15/h1-11,17H,12,20H2. The van der Waals surface area contributed by atoms with Gasteiger partial charge in [-0.3, -0.25) is 0 Å². The number of halogens is 1. The van der Waals surface area contributed by atoms with Crippen LogP contribution in [0, 0.1) is 0 Å². The van der Waals surface area contributed by atoms with Crippen LogP contribution in [0.15, 0.2) is 76.1 Å². The first kappa shape index (κ1) is 14.6. The summed E-state index contributed by atoms with van der Waals surface area (Å²) in [4.78, 5) is 1.23. The molecule has 0 fully saturated rings. The summed E-state index contributed by atoms with van der Waals surface area (Å²) in [5.74, 6) is 0.862. The summed E-state index contributed by atoms with van der Waals surface area (Å²) in [6.45, 7) is 0. The first-order chi connectivity index (χ1) is 10.2. The molecule has 3 aromatic carbocycles. The van der Waals surface area contributed by atoms with Crippen LogP contribution in [0.3, 0.4) is 0 Å². The molecule has 106 valence electrons. The molecule has 0 heterocycles. The fourth-order valence-corrected chi connectivity index (χ4v) is 3.84. The van der Waals surface area contributed by atoms with Gasteiger partial charge in [-0.25, -0.2) is 0 Å². The maximum Gasteiger partial charge on any atom is 0.0390 e. The van der Waals surface area contributed by atoms with Crippen molar-refractivity contribution in [3.8, 4) is 0 Å². The van der Waals surface area contributed by atoms with Crippen molar-refractivity contribution in [3.05, 3.63) is 76.8 Å². The van der Waals surface area contributed by atoms with Crippen molar-refractivity contribution >= 4 is 38.5 Å². The van der Waals surface area contributed by atoms with E-state index in [1.807, 2.05) is 6.07 Å². The average Bonchev–Trinajstić information content (AvgIpc) is 2.53. The highest BCUT2D eigenvalue weighted by Gasteiger charge is 2.08. The predicted molar refractivity (Wildman–Crippen MR) is 95.7 cm³/mol. The zero-order valence-electron chi connectivity index (χ0n) is 11.5. The smallest absolute Gasteiger partial charge is 0.0390 e. The lowest BCUT2D eigenvalue weighted by atomic mass is 10.0. The van der Waals surface area contributed by atoms with E-state index < -0.39 is 0 Å². The van der Waals surface area contributed by atoms with Crippen LogP contribution in [-0.2, 0) is 0 Å². The largest absolute Gasteiger partial charge is 0.323 e. The minimum absolute atomic E-state index is 0.0340. The van der Waals surface area contributed by atoms with Crippen molar-refractivity contribution in [2.45, 2.75) is 10.9 Å². The van der Waals surface area contributed by atoms with Crippen LogP contribution in [0.1, 0.15) is 11.6 Å². The van der Waals surface area contributed by atoms with Gasteiger partial charge in [-0.05, 0) is 50.5 Å². The first-order valence-corrected chi connectivity index (χ1v) is 8.63. The Morgan fingerprint density at radius 3 is 2.43 bits per heavy atom. The van der Waals surface area contributed by atoms with Crippen molar-refractivity contribution in [3.63, 3.8) is 0 Å². The Morgan fingerprint density at radius 1 is 0.905 bits per heavy atom. The third kappa shape index (κ3) is 3.49. The fourth-order valence-electron chi connectivity index (χ4n) is 2.28. The monoisotopic (exact) mass is 357 g/mol. The average molecular weight is 358 g/mol. The maximum absolute atomic E-state index is 6.35. The second-order valence-electron chi connectivity index (χ2n) is 4.95. The number of thioether (sulfide) groups is 1. The molecule has 0 spiro atoms. The topological polar surface area (TPSA) is 26.0 Å². The molecule has 3 heteroatoms. The molecule has 0 bridgehead atoms. The van der Waals surface area contributed by atoms with Gasteiger partial charge in [-0.15, -0.1) is 11.8 Å². The van der Waals surface area contributed by atoms with E-state index in [0.717, 1.165) is 10.2 Å². The molecule has 0 radical (unpaired) electrons. The van der Waals surface area contributed by atoms with E-state index in [4.69, 9.17) is 5.73 Å². The van der Waals surface area contributed by atoms with E-state index in [0.29, 0.717) is 0 Å². The summed E-state index contributed by atoms with van der Waals surface area (Å²) >= 11 is 5.36. The maximum atomic E-state index is 6.35. The number of rotatable bonds is 4. The van der Waals surface area contributed by atoms with Gasteiger partial charge in [0.15, 0.2) is 0 Å². The summed E-state index contributed by atoms with van der Waals surface area (Å²) in [6.07, 6.45) is 0. The number of benzene rings is 3. The van der Waals surface area contributed by atoms with Crippen molar-refractivity contribution in [1.82, 2.24) is 0 Å². The lowest BCUT2D eigenvalue weighted by Gasteiger charge is -2.13. The van der Waals surface area contributed by atoms with Crippen LogP contribution >= 0.6 is 27.7 Å². The molecule has 3 rings (SSSR count). The molecular formula is C18H16BrNS. The Bertz CT molecular complexity index is 757. The molecule has 1 unspecified atom stereocenters. The van der Waals surface area contributed by atoms with Crippen LogP contribution in [-0.4, -0.2) is 5.75 Å². The third-order valence-electron chi connectivity index (χ3n) is 3.46. The molecule has 3 aromatic rings. The van der Waals surface area contributed by atoms with Crippen molar-refractivity contribution in [2.75, 3.05) is 5.75 Å². The van der Waals surface area contributed by atoms with E-state index in [1.54, 1.807) is 11.8 Å². The molecule has 0 aromatic heterocycles. The van der Waals surface area contributed by atoms with Crippen LogP contribution < -0.4 is 5.73 Å². The minimum Gasteiger partial charge on any atom is -0.323 e. The van der Waals surface area contributed by atoms with E-state index >= 15 is 0 Å². The van der Waals surface area contributed by atoms with Gasteiger partial charge >= 0.3 is 0 Å². The van der Waals surface area contributed by atoms with Gasteiger partial charge < -0.3 is 5.73 Å². The SMILES string of the molecule is NC(CSc1ccccc1Br)c1ccc2ccccc2c1. The second kappa shape index (κ2) is 6.65. The van der Waals surface area contributed by atoms with E-state index in [-0.39, 0.29) is 6.04 Å². The molecular weight excluding hydrogens is 342 g/mol. The summed E-state index contributed by atoms with van der Waals surface area (Å²) in [7, 11) is 0. The lowest BCUT2D eigenvalue weighted by molar-refractivity contribution is 0.833. The molecule has 0 aliphatic rings. The Kier molecular flexibility index (Phi) is 4.63. The third-order valence-corrected chi connectivity index (χ3v) is 5.60. The van der Waals surface area contributed by atoms with Gasteiger partial charge in [-0.1, -0.05) is 48.5 Å². The first-order valence-electron chi connectivity index (χ1n) is 6.85. The highest BCUT2D eigenvalue weighted by atomic mass is 79.9. The minimum atomic E-state index is 0.0340. The molecule has 1 atom stereocenters. The zero-order chi connectivity index (χ0) is 14.7. The van der Waals surface area contributed by atoms with Crippen LogP contribution in [0.25, 0.3) is 10.8 Å². The van der Waals surface area contributed by atoms with Crippen molar-refractivity contribution in [1.29, 1.82) is 0 Å². The Hall–Kier alpha value is -1.29. The van der Waals surface area contributed by atoms with Gasteiger partial charge in [0, 0.05) is 21.2 Å². The Morgan fingerprint density at radius 2 is 1.62 bits per heavy atom. The Labute approximate surface area is 137 Å². The van der Waals surface area contributed by atoms with Gasteiger partial charge in [0.1, 0.15) is 0 Å². The molecule has 2 N–H and O–H groups in total. The molecule has 0 saturated carbocycles. The van der Waals surface area contributed by atoms with Gasteiger partial charge in [-0.2, -0.15) is 0 Å². The highest BCUT2D eigenvalue weighted by Crippen LogP contribution is 2.30. The summed E-state index contributed by atoms with van der Waals surface area (Å²) < 4.78 is 1.13.